The van der Waals surface area contributed by atoms with E-state index in [1.165, 1.54) is 0 Å². The highest BCUT2D eigenvalue weighted by Crippen LogP contribution is 2.39. The highest BCUT2D eigenvalue weighted by Gasteiger charge is 2.39. The van der Waals surface area contributed by atoms with E-state index >= 15 is 0 Å². The van der Waals surface area contributed by atoms with Crippen LogP contribution in [-0.2, 0) is 0 Å². The second-order valence-electron chi connectivity index (χ2n) is 5.95. The molecule has 1 aliphatic heterocycles. The van der Waals surface area contributed by atoms with Crippen LogP contribution in [0.2, 0.25) is 0 Å². The van der Waals surface area contributed by atoms with Crippen molar-refractivity contribution in [2.45, 2.75) is 12.1 Å². The topological polar surface area (TPSA) is 41.3 Å². The van der Waals surface area contributed by atoms with E-state index in [9.17, 15) is 0 Å². The van der Waals surface area contributed by atoms with Gasteiger partial charge < -0.3 is 14.6 Å². The third-order valence-corrected chi connectivity index (χ3v) is 5.32. The van der Waals surface area contributed by atoms with Crippen LogP contribution in [0, 0.1) is 0 Å². The van der Waals surface area contributed by atoms with Gasteiger partial charge in [-0.05, 0) is 48.6 Å². The van der Waals surface area contributed by atoms with Gasteiger partial charge >= 0.3 is 0 Å². The lowest BCUT2D eigenvalue weighted by Crippen LogP contribution is -2.24. The van der Waals surface area contributed by atoms with Gasteiger partial charge in [0.15, 0.2) is 5.11 Å². The molecule has 0 bridgehead atoms. The number of likely N-dealkylation sites (N-methyl/N-ethyl adjacent to an activating group) is 1. The minimum absolute atomic E-state index is 0.0356. The van der Waals surface area contributed by atoms with Gasteiger partial charge in [0.25, 0.3) is 0 Å². The summed E-state index contributed by atoms with van der Waals surface area (Å²) in [5, 5.41) is 4.05. The van der Waals surface area contributed by atoms with Gasteiger partial charge in [0, 0.05) is 23.3 Å². The van der Waals surface area contributed by atoms with Crippen LogP contribution in [0.5, 0.6) is 0 Å². The molecule has 6 heteroatoms. The molecule has 3 aromatic rings. The van der Waals surface area contributed by atoms with Gasteiger partial charge in [-0.25, -0.2) is 0 Å². The van der Waals surface area contributed by atoms with Crippen molar-refractivity contribution >= 4 is 33.3 Å². The monoisotopic (exact) mass is 413 g/mol. The average molecular weight is 414 g/mol. The second kappa shape index (κ2) is 6.61. The highest BCUT2D eigenvalue weighted by atomic mass is 79.9. The molecule has 0 radical (unpaired) electrons. The molecule has 126 valence electrons. The van der Waals surface area contributed by atoms with E-state index in [4.69, 9.17) is 16.6 Å². The van der Waals surface area contributed by atoms with Crippen molar-refractivity contribution in [1.29, 1.82) is 0 Å². The normalized spacial score (nSPS) is 19.9. The van der Waals surface area contributed by atoms with E-state index in [2.05, 4.69) is 26.2 Å². The molecule has 1 saturated heterocycles. The number of nitrogens with zero attached hydrogens (tertiary/aromatic N) is 2. The number of thiocarbonyl (C=S) groups is 1. The maximum atomic E-state index is 6.18. The smallest absolute Gasteiger partial charge is 0.170 e. The zero-order valence-corrected chi connectivity index (χ0v) is 15.9. The fraction of sp³-hybridized carbons (Fsp3) is 0.158. The summed E-state index contributed by atoms with van der Waals surface area (Å²) in [6.45, 7) is 0. The first-order valence-corrected chi connectivity index (χ1v) is 9.13. The maximum Gasteiger partial charge on any atom is 0.170 e. The number of hydrogen-bond donors (Lipinski definition) is 1. The lowest BCUT2D eigenvalue weighted by atomic mass is 10.0. The summed E-state index contributed by atoms with van der Waals surface area (Å²) in [4.78, 5) is 6.51. The van der Waals surface area contributed by atoms with Crippen molar-refractivity contribution in [2.75, 3.05) is 7.05 Å². The predicted molar refractivity (Wildman–Crippen MR) is 105 cm³/mol. The lowest BCUT2D eigenvalue weighted by molar-refractivity contribution is 0.310. The van der Waals surface area contributed by atoms with E-state index in [1.54, 1.807) is 6.20 Å². The van der Waals surface area contributed by atoms with Crippen LogP contribution in [0.3, 0.4) is 0 Å². The molecule has 1 fully saturated rings. The van der Waals surface area contributed by atoms with Gasteiger partial charge in [0.05, 0.1) is 11.7 Å². The van der Waals surface area contributed by atoms with Gasteiger partial charge in [-0.2, -0.15) is 0 Å². The van der Waals surface area contributed by atoms with Crippen molar-refractivity contribution in [3.05, 3.63) is 76.7 Å². The van der Waals surface area contributed by atoms with Crippen molar-refractivity contribution in [1.82, 2.24) is 15.2 Å². The Bertz CT molecular complexity index is 895. The molecule has 25 heavy (non-hydrogen) atoms. The quantitative estimate of drug-likeness (QED) is 0.629. The number of rotatable bonds is 3. The zero-order valence-electron chi connectivity index (χ0n) is 13.5. The molecule has 4 rings (SSSR count). The second-order valence-corrected chi connectivity index (χ2v) is 7.25. The molecule has 2 atom stereocenters. The Hall–Kier alpha value is -2.18. The molecule has 0 spiro atoms. The molecule has 0 saturated carbocycles. The first-order valence-electron chi connectivity index (χ1n) is 7.93. The van der Waals surface area contributed by atoms with Gasteiger partial charge in [0.2, 0.25) is 0 Å². The number of hydrogen-bond acceptors (Lipinski definition) is 3. The summed E-state index contributed by atoms with van der Waals surface area (Å²) in [5.41, 5.74) is 1.99. The molecular formula is C19H16BrN3OS. The Morgan fingerprint density at radius 1 is 1.12 bits per heavy atom. The van der Waals surface area contributed by atoms with Crippen LogP contribution in [0.25, 0.3) is 11.3 Å². The van der Waals surface area contributed by atoms with Gasteiger partial charge in [-0.1, -0.05) is 34.1 Å². The number of benzene rings is 1. The summed E-state index contributed by atoms with van der Waals surface area (Å²) < 4.78 is 7.22. The molecule has 1 aromatic carbocycles. The summed E-state index contributed by atoms with van der Waals surface area (Å²) in [7, 11) is 1.98. The summed E-state index contributed by atoms with van der Waals surface area (Å²) >= 11 is 8.91. The van der Waals surface area contributed by atoms with E-state index < -0.39 is 0 Å². The standard InChI is InChI=1S/C19H16BrN3OS/c1-23-18(17(22-19(23)25)14-4-2-3-11-21-14)16-10-9-15(24-16)12-5-7-13(20)8-6-12/h2-11,17-18H,1H3,(H,22,25)/t17-,18-/m0/s1. The van der Waals surface area contributed by atoms with Gasteiger partial charge in [-0.3, -0.25) is 4.98 Å². The molecule has 3 heterocycles. The molecule has 0 amide bonds. The number of halogens is 1. The predicted octanol–water partition coefficient (Wildman–Crippen LogP) is 4.71. The number of nitrogens with one attached hydrogen (secondary N) is 1. The minimum Gasteiger partial charge on any atom is -0.459 e. The van der Waals surface area contributed by atoms with Crippen molar-refractivity contribution in [3.8, 4) is 11.3 Å². The van der Waals surface area contributed by atoms with Crippen LogP contribution >= 0.6 is 28.1 Å². The fourth-order valence-corrected chi connectivity index (χ4v) is 3.60. The molecular weight excluding hydrogens is 398 g/mol. The van der Waals surface area contributed by atoms with Gasteiger partial charge in [-0.15, -0.1) is 0 Å². The van der Waals surface area contributed by atoms with Gasteiger partial charge in [0.1, 0.15) is 17.6 Å². The van der Waals surface area contributed by atoms with E-state index in [0.29, 0.717) is 5.11 Å². The Morgan fingerprint density at radius 3 is 2.64 bits per heavy atom. The SMILES string of the molecule is CN1C(=S)N[C@@H](c2ccccn2)[C@@H]1c1ccc(-c2ccc(Br)cc2)o1. The van der Waals surface area contributed by atoms with Crippen LogP contribution in [-0.4, -0.2) is 22.0 Å². The number of furan rings is 1. The number of aromatic nitrogens is 1. The maximum absolute atomic E-state index is 6.18. The van der Waals surface area contributed by atoms with Crippen molar-refractivity contribution in [3.63, 3.8) is 0 Å². The zero-order chi connectivity index (χ0) is 17.4. The minimum atomic E-state index is -0.0392. The van der Waals surface area contributed by atoms with Crippen LogP contribution < -0.4 is 5.32 Å². The van der Waals surface area contributed by atoms with Crippen LogP contribution in [0.4, 0.5) is 0 Å². The van der Waals surface area contributed by atoms with E-state index in [-0.39, 0.29) is 12.1 Å². The first kappa shape index (κ1) is 16.3. The lowest BCUT2D eigenvalue weighted by Gasteiger charge is -2.21. The molecule has 1 aliphatic rings. The Kier molecular flexibility index (Phi) is 4.31. The number of pyridine rings is 1. The Morgan fingerprint density at radius 2 is 1.92 bits per heavy atom. The molecule has 4 nitrogen and oxygen atoms in total. The average Bonchev–Trinajstić information content (AvgIpc) is 3.22. The summed E-state index contributed by atoms with van der Waals surface area (Å²) in [6.07, 6.45) is 1.80. The highest BCUT2D eigenvalue weighted by molar-refractivity contribution is 9.10. The molecule has 1 N–H and O–H groups in total. The van der Waals surface area contributed by atoms with E-state index in [0.717, 1.165) is 27.3 Å². The van der Waals surface area contributed by atoms with Crippen molar-refractivity contribution < 1.29 is 4.42 Å². The summed E-state index contributed by atoms with van der Waals surface area (Å²) in [6, 6.07) is 17.9. The molecule has 0 unspecified atom stereocenters. The van der Waals surface area contributed by atoms with E-state index in [1.807, 2.05) is 66.5 Å². The molecule has 2 aromatic heterocycles. The van der Waals surface area contributed by atoms with Crippen molar-refractivity contribution in [2.24, 2.45) is 0 Å². The van der Waals surface area contributed by atoms with Crippen LogP contribution in [0.15, 0.2) is 69.7 Å². The van der Waals surface area contributed by atoms with Crippen LogP contribution in [0.1, 0.15) is 23.5 Å². The first-order chi connectivity index (χ1) is 12.1. The Labute approximate surface area is 160 Å². The molecule has 0 aliphatic carbocycles. The third-order valence-electron chi connectivity index (χ3n) is 4.39. The summed E-state index contributed by atoms with van der Waals surface area (Å²) in [5.74, 6) is 1.71. The fourth-order valence-electron chi connectivity index (χ4n) is 3.10. The largest absolute Gasteiger partial charge is 0.459 e. The third kappa shape index (κ3) is 3.07. The Balaban J connectivity index is 1.69.